The third kappa shape index (κ3) is 3.90. The quantitative estimate of drug-likeness (QED) is 0.868. The average molecular weight is 393 g/mol. The number of urea groups is 1. The van der Waals surface area contributed by atoms with Crippen LogP contribution in [0.15, 0.2) is 54.6 Å². The summed E-state index contributed by atoms with van der Waals surface area (Å²) >= 11 is 0. The SMILES string of the molecule is O=C1N[C@@H](c2ccccc2)CN1[C@H]1CCCN(C[C@H]2COc3ccccc3O2)C1. The van der Waals surface area contributed by atoms with Crippen molar-refractivity contribution in [1.82, 2.24) is 15.1 Å². The molecule has 3 aliphatic heterocycles. The Morgan fingerprint density at radius 2 is 1.79 bits per heavy atom. The number of rotatable bonds is 4. The van der Waals surface area contributed by atoms with Crippen LogP contribution in [0.2, 0.25) is 0 Å². The first-order valence-corrected chi connectivity index (χ1v) is 10.5. The molecule has 1 N–H and O–H groups in total. The highest BCUT2D eigenvalue weighted by Crippen LogP contribution is 2.31. The minimum atomic E-state index is 0.0214. The van der Waals surface area contributed by atoms with Crippen LogP contribution in [0.1, 0.15) is 24.4 Å². The van der Waals surface area contributed by atoms with Crippen molar-refractivity contribution in [2.24, 2.45) is 0 Å². The van der Waals surface area contributed by atoms with E-state index in [-0.39, 0.29) is 24.2 Å². The Kier molecular flexibility index (Phi) is 5.02. The van der Waals surface area contributed by atoms with Crippen molar-refractivity contribution in [3.63, 3.8) is 0 Å². The van der Waals surface area contributed by atoms with E-state index in [4.69, 9.17) is 9.47 Å². The van der Waals surface area contributed by atoms with Gasteiger partial charge in [0.1, 0.15) is 12.7 Å². The van der Waals surface area contributed by atoms with Gasteiger partial charge in [0.25, 0.3) is 0 Å². The molecule has 5 rings (SSSR count). The van der Waals surface area contributed by atoms with Gasteiger partial charge in [-0.05, 0) is 37.1 Å². The molecule has 0 unspecified atom stereocenters. The van der Waals surface area contributed by atoms with E-state index >= 15 is 0 Å². The predicted molar refractivity (Wildman–Crippen MR) is 110 cm³/mol. The fourth-order valence-electron chi connectivity index (χ4n) is 4.64. The molecule has 0 aromatic heterocycles. The number of carbonyl (C=O) groups excluding carboxylic acids is 1. The van der Waals surface area contributed by atoms with Gasteiger partial charge >= 0.3 is 6.03 Å². The van der Waals surface area contributed by atoms with Crippen molar-refractivity contribution in [3.8, 4) is 11.5 Å². The molecule has 3 aliphatic rings. The number of nitrogens with zero attached hydrogens (tertiary/aromatic N) is 2. The summed E-state index contributed by atoms with van der Waals surface area (Å²) in [5, 5.41) is 3.15. The number of nitrogens with one attached hydrogen (secondary N) is 1. The van der Waals surface area contributed by atoms with Gasteiger partial charge in [-0.25, -0.2) is 4.79 Å². The molecular weight excluding hydrogens is 366 g/mol. The molecule has 0 aliphatic carbocycles. The lowest BCUT2D eigenvalue weighted by Gasteiger charge is -2.39. The molecule has 29 heavy (non-hydrogen) atoms. The van der Waals surface area contributed by atoms with E-state index in [1.807, 2.05) is 47.4 Å². The van der Waals surface area contributed by atoms with Crippen LogP contribution in [0.3, 0.4) is 0 Å². The normalized spacial score (nSPS) is 27.0. The zero-order valence-electron chi connectivity index (χ0n) is 16.5. The van der Waals surface area contributed by atoms with Crippen LogP contribution in [0.4, 0.5) is 4.79 Å². The molecule has 152 valence electrons. The van der Waals surface area contributed by atoms with Crippen molar-refractivity contribution in [2.45, 2.75) is 31.0 Å². The van der Waals surface area contributed by atoms with Crippen LogP contribution >= 0.6 is 0 Å². The summed E-state index contributed by atoms with van der Waals surface area (Å²) in [5.41, 5.74) is 1.17. The van der Waals surface area contributed by atoms with Crippen LogP contribution in [0, 0.1) is 0 Å². The van der Waals surface area contributed by atoms with E-state index in [2.05, 4.69) is 22.3 Å². The Morgan fingerprint density at radius 1 is 1.00 bits per heavy atom. The fourth-order valence-corrected chi connectivity index (χ4v) is 4.64. The number of piperidine rings is 1. The van der Waals surface area contributed by atoms with Crippen LogP contribution in [-0.4, -0.2) is 60.8 Å². The molecule has 6 heteroatoms. The van der Waals surface area contributed by atoms with E-state index in [0.717, 1.165) is 50.5 Å². The summed E-state index contributed by atoms with van der Waals surface area (Å²) < 4.78 is 12.0. The van der Waals surface area contributed by atoms with E-state index in [1.54, 1.807) is 0 Å². The lowest BCUT2D eigenvalue weighted by Crippen LogP contribution is -2.52. The van der Waals surface area contributed by atoms with Crippen LogP contribution in [0.5, 0.6) is 11.5 Å². The molecule has 3 atom stereocenters. The summed E-state index contributed by atoms with van der Waals surface area (Å²) in [7, 11) is 0. The largest absolute Gasteiger partial charge is 0.486 e. The van der Waals surface area contributed by atoms with E-state index in [9.17, 15) is 4.79 Å². The fraction of sp³-hybridized carbons (Fsp3) is 0.435. The van der Waals surface area contributed by atoms with Crippen molar-refractivity contribution in [2.75, 3.05) is 32.8 Å². The Balaban J connectivity index is 1.20. The molecule has 2 saturated heterocycles. The van der Waals surface area contributed by atoms with Crippen molar-refractivity contribution < 1.29 is 14.3 Å². The second-order valence-electron chi connectivity index (χ2n) is 8.12. The number of amides is 2. The molecule has 0 bridgehead atoms. The van der Waals surface area contributed by atoms with Gasteiger partial charge < -0.3 is 19.7 Å². The zero-order chi connectivity index (χ0) is 19.6. The number of likely N-dealkylation sites (tertiary alicyclic amines) is 1. The average Bonchev–Trinajstić information content (AvgIpc) is 3.16. The summed E-state index contributed by atoms with van der Waals surface area (Å²) in [5.74, 6) is 1.64. The van der Waals surface area contributed by atoms with Gasteiger partial charge in [-0.3, -0.25) is 4.90 Å². The summed E-state index contributed by atoms with van der Waals surface area (Å²) in [4.78, 5) is 17.1. The van der Waals surface area contributed by atoms with Crippen LogP contribution < -0.4 is 14.8 Å². The van der Waals surface area contributed by atoms with Gasteiger partial charge in [-0.1, -0.05) is 42.5 Å². The molecule has 0 radical (unpaired) electrons. The minimum Gasteiger partial charge on any atom is -0.486 e. The molecule has 3 heterocycles. The minimum absolute atomic E-state index is 0.0214. The highest BCUT2D eigenvalue weighted by Gasteiger charge is 2.37. The van der Waals surface area contributed by atoms with Gasteiger partial charge in [-0.2, -0.15) is 0 Å². The molecule has 0 spiro atoms. The number of ether oxygens (including phenoxy) is 2. The Hall–Kier alpha value is -2.73. The summed E-state index contributed by atoms with van der Waals surface area (Å²) in [6, 6.07) is 18.4. The number of fused-ring (bicyclic) bond motifs is 1. The molecule has 2 aromatic rings. The molecule has 2 fully saturated rings. The maximum atomic E-state index is 12.6. The first kappa shape index (κ1) is 18.3. The van der Waals surface area contributed by atoms with E-state index in [1.165, 1.54) is 5.56 Å². The number of para-hydroxylation sites is 2. The summed E-state index contributed by atoms with van der Waals surface area (Å²) in [6.45, 7) is 4.05. The second kappa shape index (κ2) is 7.95. The molecular formula is C23H27N3O3. The molecule has 2 aromatic carbocycles. The smallest absolute Gasteiger partial charge is 0.318 e. The van der Waals surface area contributed by atoms with Gasteiger partial charge in [0.05, 0.1) is 6.04 Å². The first-order valence-electron chi connectivity index (χ1n) is 10.5. The molecule has 6 nitrogen and oxygen atoms in total. The number of hydrogen-bond donors (Lipinski definition) is 1. The standard InChI is InChI=1S/C23H27N3O3/c27-23-24-20(17-7-2-1-3-8-17)15-26(23)18-9-6-12-25(13-18)14-19-16-28-21-10-4-5-11-22(21)29-19/h1-5,7-8,10-11,18-20H,6,9,12-16H2,(H,24,27)/t18-,19-,20+/m0/s1. The van der Waals surface area contributed by atoms with Gasteiger partial charge in [0, 0.05) is 25.7 Å². The Bertz CT molecular complexity index is 859. The van der Waals surface area contributed by atoms with Crippen molar-refractivity contribution in [3.05, 3.63) is 60.2 Å². The van der Waals surface area contributed by atoms with E-state index < -0.39 is 0 Å². The maximum absolute atomic E-state index is 12.6. The Labute approximate surface area is 171 Å². The second-order valence-corrected chi connectivity index (χ2v) is 8.12. The lowest BCUT2D eigenvalue weighted by molar-refractivity contribution is 0.0402. The third-order valence-electron chi connectivity index (χ3n) is 6.09. The highest BCUT2D eigenvalue weighted by molar-refractivity contribution is 5.77. The van der Waals surface area contributed by atoms with Gasteiger partial charge in [0.2, 0.25) is 0 Å². The molecule has 2 amide bonds. The lowest BCUT2D eigenvalue weighted by atomic mass is 10.0. The van der Waals surface area contributed by atoms with Gasteiger partial charge in [0.15, 0.2) is 11.5 Å². The third-order valence-corrected chi connectivity index (χ3v) is 6.09. The highest BCUT2D eigenvalue weighted by atomic mass is 16.6. The van der Waals surface area contributed by atoms with Crippen molar-refractivity contribution >= 4 is 6.03 Å². The monoisotopic (exact) mass is 393 g/mol. The number of carbonyl (C=O) groups is 1. The zero-order valence-corrected chi connectivity index (χ0v) is 16.5. The summed E-state index contributed by atoms with van der Waals surface area (Å²) in [6.07, 6.45) is 2.17. The van der Waals surface area contributed by atoms with Gasteiger partial charge in [-0.15, -0.1) is 0 Å². The van der Waals surface area contributed by atoms with Crippen LogP contribution in [-0.2, 0) is 0 Å². The van der Waals surface area contributed by atoms with Crippen molar-refractivity contribution in [1.29, 1.82) is 0 Å². The first-order chi connectivity index (χ1) is 14.3. The topological polar surface area (TPSA) is 54.0 Å². The van der Waals surface area contributed by atoms with E-state index in [0.29, 0.717) is 6.61 Å². The Morgan fingerprint density at radius 3 is 2.66 bits per heavy atom. The number of benzene rings is 2. The predicted octanol–water partition coefficient (Wildman–Crippen LogP) is 3.06. The van der Waals surface area contributed by atoms with Crippen LogP contribution in [0.25, 0.3) is 0 Å². The number of hydrogen-bond acceptors (Lipinski definition) is 4. The molecule has 0 saturated carbocycles. The maximum Gasteiger partial charge on any atom is 0.318 e.